The number of hydrogen-bond donors (Lipinski definition) is 3. The van der Waals surface area contributed by atoms with E-state index in [4.69, 9.17) is 20.3 Å². The number of carbonyl (C=O) groups excluding carboxylic acids is 1. The summed E-state index contributed by atoms with van der Waals surface area (Å²) in [5, 5.41) is 18.8. The van der Waals surface area contributed by atoms with E-state index >= 15 is 0 Å². The maximum absolute atomic E-state index is 13.2. The van der Waals surface area contributed by atoms with Crippen molar-refractivity contribution in [3.63, 3.8) is 0 Å². The number of hydrogen-bond acceptors (Lipinski definition) is 6. The summed E-state index contributed by atoms with van der Waals surface area (Å²) in [4.78, 5) is 19.0. The zero-order valence-corrected chi connectivity index (χ0v) is 22.5. The molecule has 1 aromatic heterocycles. The Kier molecular flexibility index (Phi) is 12.8. The highest BCUT2D eigenvalue weighted by Gasteiger charge is 2.17. The van der Waals surface area contributed by atoms with Gasteiger partial charge in [-0.15, -0.1) is 0 Å². The van der Waals surface area contributed by atoms with Crippen molar-refractivity contribution in [3.8, 4) is 11.5 Å². The zero-order valence-electron chi connectivity index (χ0n) is 22.5. The Labute approximate surface area is 225 Å². The first-order valence-electron chi connectivity index (χ1n) is 12.9. The number of benzene rings is 2. The van der Waals surface area contributed by atoms with Crippen LogP contribution < -0.4 is 14.8 Å². The molecule has 0 saturated heterocycles. The lowest BCUT2D eigenvalue weighted by Crippen LogP contribution is -2.30. The number of anilines is 1. The van der Waals surface area contributed by atoms with Crippen LogP contribution in [0.2, 0.25) is 0 Å². The van der Waals surface area contributed by atoms with Gasteiger partial charge in [-0.05, 0) is 42.3 Å². The van der Waals surface area contributed by atoms with E-state index in [1.54, 1.807) is 36.4 Å². The number of pyridine rings is 1. The van der Waals surface area contributed by atoms with Crippen molar-refractivity contribution in [1.29, 1.82) is 10.8 Å². The van der Waals surface area contributed by atoms with E-state index in [0.29, 0.717) is 54.8 Å². The molecule has 0 spiro atoms. The Balaban J connectivity index is 0.00000121. The van der Waals surface area contributed by atoms with Crippen LogP contribution in [-0.4, -0.2) is 41.1 Å². The third kappa shape index (κ3) is 8.58. The van der Waals surface area contributed by atoms with Crippen LogP contribution in [0.5, 0.6) is 11.5 Å². The van der Waals surface area contributed by atoms with Crippen molar-refractivity contribution >= 4 is 23.9 Å². The van der Waals surface area contributed by atoms with Gasteiger partial charge in [0.1, 0.15) is 29.6 Å². The van der Waals surface area contributed by atoms with Gasteiger partial charge in [-0.25, -0.2) is 4.98 Å². The molecule has 0 fully saturated rings. The van der Waals surface area contributed by atoms with Crippen molar-refractivity contribution < 1.29 is 14.3 Å². The van der Waals surface area contributed by atoms with E-state index in [9.17, 15) is 4.79 Å². The van der Waals surface area contributed by atoms with Gasteiger partial charge in [-0.2, -0.15) is 0 Å². The molecule has 4 rings (SSSR count). The fraction of sp³-hybridized carbons (Fsp3) is 0.267. The summed E-state index contributed by atoms with van der Waals surface area (Å²) in [5.41, 5.74) is 1.70. The molecule has 0 atom stereocenters. The second kappa shape index (κ2) is 16.3. The lowest BCUT2D eigenvalue weighted by molar-refractivity contribution is 0.102. The standard InChI is InChI=1S/C26H25N5O3.2C2H6/c27-18-31-14-5-2-6-15-33-23-13-12-20(34-17-19-8-3-1-4-9-19)16-21(23)26(32)30-24-11-7-10-22(29-24)25(31)28;2*1-2/h1-5,7-13,16,18,27-28H,6,14-15,17H2,(H,29,30,32);2*1-2H3/b5-2+,27-18?,28-25?;;. The van der Waals surface area contributed by atoms with E-state index in [1.165, 1.54) is 4.90 Å². The van der Waals surface area contributed by atoms with Crippen LogP contribution in [0.1, 0.15) is 55.7 Å². The molecule has 3 aromatic rings. The molecule has 3 N–H and O–H groups in total. The molecule has 0 aliphatic carbocycles. The number of nitrogens with one attached hydrogen (secondary N) is 3. The monoisotopic (exact) mass is 515 g/mol. The van der Waals surface area contributed by atoms with Gasteiger partial charge < -0.3 is 19.7 Å². The SMILES string of the molecule is CC.CC.N=CN1C/C=C/CCOc2ccc(OCc3ccccc3)cc2C(=O)Nc2cccc(n2)C1=N. The van der Waals surface area contributed by atoms with Crippen LogP contribution in [0.4, 0.5) is 5.82 Å². The highest BCUT2D eigenvalue weighted by atomic mass is 16.5. The Morgan fingerprint density at radius 1 is 1.03 bits per heavy atom. The summed E-state index contributed by atoms with van der Waals surface area (Å²) >= 11 is 0. The molecule has 0 unspecified atom stereocenters. The minimum atomic E-state index is -0.398. The molecule has 8 heteroatoms. The zero-order chi connectivity index (χ0) is 27.8. The Morgan fingerprint density at radius 3 is 2.53 bits per heavy atom. The summed E-state index contributed by atoms with van der Waals surface area (Å²) in [6.45, 7) is 9.11. The predicted molar refractivity (Wildman–Crippen MR) is 154 cm³/mol. The molecule has 2 aromatic carbocycles. The molecule has 0 saturated carbocycles. The molecule has 0 radical (unpaired) electrons. The molecule has 1 aliphatic heterocycles. The topological polar surface area (TPSA) is 111 Å². The smallest absolute Gasteiger partial charge is 0.260 e. The van der Waals surface area contributed by atoms with Crippen molar-refractivity contribution in [2.24, 2.45) is 0 Å². The largest absolute Gasteiger partial charge is 0.492 e. The van der Waals surface area contributed by atoms with Gasteiger partial charge in [-0.1, -0.05) is 76.2 Å². The van der Waals surface area contributed by atoms with Crippen molar-refractivity contribution in [2.45, 2.75) is 40.7 Å². The van der Waals surface area contributed by atoms with Crippen LogP contribution in [0.15, 0.2) is 78.9 Å². The van der Waals surface area contributed by atoms with Crippen molar-refractivity contribution in [1.82, 2.24) is 9.88 Å². The Morgan fingerprint density at radius 2 is 1.79 bits per heavy atom. The fourth-order valence-corrected chi connectivity index (χ4v) is 3.36. The number of ether oxygens (including phenoxy) is 2. The molecular formula is C30H37N5O3. The predicted octanol–water partition coefficient (Wildman–Crippen LogP) is 6.54. The van der Waals surface area contributed by atoms with Crippen LogP contribution in [0.3, 0.4) is 0 Å². The molecule has 2 bridgehead atoms. The molecular weight excluding hydrogens is 478 g/mol. The van der Waals surface area contributed by atoms with E-state index < -0.39 is 5.91 Å². The van der Waals surface area contributed by atoms with E-state index in [-0.39, 0.29) is 5.84 Å². The van der Waals surface area contributed by atoms with E-state index in [2.05, 4.69) is 10.3 Å². The first kappa shape index (κ1) is 29.8. The minimum Gasteiger partial charge on any atom is -0.492 e. The average molecular weight is 516 g/mol. The molecule has 2 heterocycles. The minimum absolute atomic E-state index is 0.0684. The quantitative estimate of drug-likeness (QED) is 0.208. The second-order valence-corrected chi connectivity index (χ2v) is 7.53. The highest BCUT2D eigenvalue weighted by Crippen LogP contribution is 2.26. The van der Waals surface area contributed by atoms with Crippen molar-refractivity contribution in [3.05, 3.63) is 95.7 Å². The summed E-state index contributed by atoms with van der Waals surface area (Å²) in [6.07, 6.45) is 5.49. The van der Waals surface area contributed by atoms with Crippen LogP contribution in [0, 0.1) is 10.8 Å². The average Bonchev–Trinajstić information content (AvgIpc) is 2.98. The number of carbonyl (C=O) groups is 1. The number of nitrogens with zero attached hydrogens (tertiary/aromatic N) is 2. The van der Waals surface area contributed by atoms with Crippen LogP contribution >= 0.6 is 0 Å². The number of rotatable bonds is 4. The normalized spacial score (nSPS) is 13.8. The first-order valence-corrected chi connectivity index (χ1v) is 12.9. The van der Waals surface area contributed by atoms with Crippen molar-refractivity contribution in [2.75, 3.05) is 18.5 Å². The van der Waals surface area contributed by atoms with Gasteiger partial charge in [-0.3, -0.25) is 15.6 Å². The lowest BCUT2D eigenvalue weighted by atomic mass is 10.1. The number of amides is 1. The van der Waals surface area contributed by atoms with Gasteiger partial charge in [0.2, 0.25) is 0 Å². The van der Waals surface area contributed by atoms with E-state index in [0.717, 1.165) is 11.9 Å². The van der Waals surface area contributed by atoms with Gasteiger partial charge in [0.25, 0.3) is 5.91 Å². The van der Waals surface area contributed by atoms with Gasteiger partial charge in [0, 0.05) is 6.54 Å². The molecule has 8 nitrogen and oxygen atoms in total. The third-order valence-corrected chi connectivity index (χ3v) is 5.13. The summed E-state index contributed by atoms with van der Waals surface area (Å²) < 4.78 is 11.8. The van der Waals surface area contributed by atoms with Gasteiger partial charge in [0.05, 0.1) is 18.5 Å². The summed E-state index contributed by atoms with van der Waals surface area (Å²) in [5.74, 6) is 0.954. The summed E-state index contributed by atoms with van der Waals surface area (Å²) in [7, 11) is 0. The number of fused-ring (bicyclic) bond motifs is 3. The van der Waals surface area contributed by atoms with Gasteiger partial charge in [0.15, 0.2) is 5.84 Å². The van der Waals surface area contributed by atoms with Crippen LogP contribution in [0.25, 0.3) is 0 Å². The van der Waals surface area contributed by atoms with Gasteiger partial charge >= 0.3 is 0 Å². The number of aromatic nitrogens is 1. The fourth-order valence-electron chi connectivity index (χ4n) is 3.36. The second-order valence-electron chi connectivity index (χ2n) is 7.53. The molecule has 38 heavy (non-hydrogen) atoms. The third-order valence-electron chi connectivity index (χ3n) is 5.13. The Bertz CT molecular complexity index is 1210. The maximum Gasteiger partial charge on any atom is 0.260 e. The molecule has 1 aliphatic rings. The maximum atomic E-state index is 13.2. The van der Waals surface area contributed by atoms with E-state index in [1.807, 2.05) is 70.2 Å². The summed E-state index contributed by atoms with van der Waals surface area (Å²) in [6, 6.07) is 20.0. The Hall–Kier alpha value is -4.46. The highest BCUT2D eigenvalue weighted by molar-refractivity contribution is 6.06. The first-order chi connectivity index (χ1) is 18.6. The molecule has 1 amide bonds. The lowest BCUT2D eigenvalue weighted by Gasteiger charge is -2.17. The van der Waals surface area contributed by atoms with Crippen LogP contribution in [-0.2, 0) is 6.61 Å². The molecule has 200 valence electrons. The number of amidine groups is 1.